The van der Waals surface area contributed by atoms with Crippen molar-refractivity contribution in [1.82, 2.24) is 5.32 Å². The van der Waals surface area contributed by atoms with Crippen LogP contribution in [0.4, 0.5) is 17.1 Å². The van der Waals surface area contributed by atoms with Crippen molar-refractivity contribution < 1.29 is 0 Å². The first-order chi connectivity index (χ1) is 12.0. The summed E-state index contributed by atoms with van der Waals surface area (Å²) < 4.78 is 0. The third-order valence-corrected chi connectivity index (χ3v) is 5.12. The molecule has 134 valence electrons. The molecule has 0 bridgehead atoms. The highest BCUT2D eigenvalue weighted by molar-refractivity contribution is 6.31. The lowest BCUT2D eigenvalue weighted by Gasteiger charge is -2.32. The van der Waals surface area contributed by atoms with E-state index >= 15 is 0 Å². The number of hydrogen-bond donors (Lipinski definition) is 3. The van der Waals surface area contributed by atoms with Crippen LogP contribution >= 0.6 is 11.6 Å². The van der Waals surface area contributed by atoms with Gasteiger partial charge in [-0.1, -0.05) is 23.7 Å². The molecule has 0 unspecified atom stereocenters. The Hall–Kier alpha value is -1.95. The SMILES string of the molecule is Cc1ccc([C@@H](C)N(N)c2cc(N3CCNCC3)ccc2N)c(Cl)c1. The van der Waals surface area contributed by atoms with Gasteiger partial charge in [-0.15, -0.1) is 0 Å². The van der Waals surface area contributed by atoms with Crippen molar-refractivity contribution in [3.8, 4) is 0 Å². The van der Waals surface area contributed by atoms with Crippen molar-refractivity contribution in [2.45, 2.75) is 19.9 Å². The van der Waals surface area contributed by atoms with Crippen molar-refractivity contribution in [2.75, 3.05) is 41.8 Å². The van der Waals surface area contributed by atoms with Gasteiger partial charge in [0.05, 0.1) is 17.4 Å². The number of nitrogens with two attached hydrogens (primary N) is 2. The van der Waals surface area contributed by atoms with Crippen molar-refractivity contribution in [3.63, 3.8) is 0 Å². The van der Waals surface area contributed by atoms with E-state index in [1.54, 1.807) is 5.01 Å². The molecule has 2 aromatic carbocycles. The number of piperazine rings is 1. The molecule has 0 aliphatic carbocycles. The number of nitrogens with zero attached hydrogens (tertiary/aromatic N) is 2. The largest absolute Gasteiger partial charge is 0.397 e. The van der Waals surface area contributed by atoms with Gasteiger partial charge in [-0.25, -0.2) is 5.84 Å². The minimum atomic E-state index is -0.0892. The molecule has 0 aromatic heterocycles. The van der Waals surface area contributed by atoms with E-state index in [2.05, 4.69) is 22.3 Å². The van der Waals surface area contributed by atoms with E-state index in [4.69, 9.17) is 23.2 Å². The summed E-state index contributed by atoms with van der Waals surface area (Å²) in [6, 6.07) is 12.0. The molecule has 25 heavy (non-hydrogen) atoms. The number of benzene rings is 2. The second-order valence-corrected chi connectivity index (χ2v) is 7.00. The number of anilines is 3. The lowest BCUT2D eigenvalue weighted by atomic mass is 10.0. The maximum Gasteiger partial charge on any atom is 0.0774 e. The highest BCUT2D eigenvalue weighted by Gasteiger charge is 2.20. The molecule has 0 spiro atoms. The highest BCUT2D eigenvalue weighted by Crippen LogP contribution is 2.34. The molecule has 6 heteroatoms. The van der Waals surface area contributed by atoms with Crippen LogP contribution in [0.3, 0.4) is 0 Å². The first-order valence-corrected chi connectivity index (χ1v) is 9.00. The summed E-state index contributed by atoms with van der Waals surface area (Å²) in [4.78, 5) is 2.34. The molecule has 1 atom stereocenters. The number of halogens is 1. The molecule has 0 saturated carbocycles. The molecule has 2 aromatic rings. The molecule has 5 N–H and O–H groups in total. The predicted octanol–water partition coefficient (Wildman–Crippen LogP) is 3.08. The Labute approximate surface area is 154 Å². The summed E-state index contributed by atoms with van der Waals surface area (Å²) in [6.07, 6.45) is 0. The minimum absolute atomic E-state index is 0.0892. The van der Waals surface area contributed by atoms with E-state index in [1.165, 1.54) is 0 Å². The molecule has 0 radical (unpaired) electrons. The third kappa shape index (κ3) is 3.84. The average Bonchev–Trinajstić information content (AvgIpc) is 2.62. The molecule has 1 aliphatic heterocycles. The highest BCUT2D eigenvalue weighted by atomic mass is 35.5. The quantitative estimate of drug-likeness (QED) is 0.444. The fourth-order valence-electron chi connectivity index (χ4n) is 3.20. The fourth-order valence-corrected chi connectivity index (χ4v) is 3.60. The number of nitrogens with one attached hydrogen (secondary N) is 1. The van der Waals surface area contributed by atoms with Gasteiger partial charge in [-0.3, -0.25) is 0 Å². The number of hydrogen-bond acceptors (Lipinski definition) is 5. The van der Waals surface area contributed by atoms with Crippen LogP contribution in [0.2, 0.25) is 5.02 Å². The molecule has 5 nitrogen and oxygen atoms in total. The summed E-state index contributed by atoms with van der Waals surface area (Å²) in [5.41, 5.74) is 11.0. The Balaban J connectivity index is 1.88. The first-order valence-electron chi connectivity index (χ1n) is 8.62. The number of aryl methyl sites for hydroxylation is 1. The Morgan fingerprint density at radius 3 is 2.56 bits per heavy atom. The minimum Gasteiger partial charge on any atom is -0.397 e. The number of nitrogen functional groups attached to an aromatic ring is 1. The van der Waals surface area contributed by atoms with Gasteiger partial charge in [0.2, 0.25) is 0 Å². The van der Waals surface area contributed by atoms with Gasteiger partial charge in [-0.05, 0) is 49.2 Å². The van der Waals surface area contributed by atoms with E-state index in [0.29, 0.717) is 5.69 Å². The van der Waals surface area contributed by atoms with Gasteiger partial charge in [0.25, 0.3) is 0 Å². The van der Waals surface area contributed by atoms with Gasteiger partial charge >= 0.3 is 0 Å². The second-order valence-electron chi connectivity index (χ2n) is 6.59. The molecular formula is C19H26ClN5. The predicted molar refractivity (Wildman–Crippen MR) is 107 cm³/mol. The summed E-state index contributed by atoms with van der Waals surface area (Å²) >= 11 is 6.42. The zero-order chi connectivity index (χ0) is 18.0. The average molecular weight is 360 g/mol. The summed E-state index contributed by atoms with van der Waals surface area (Å²) in [5, 5.41) is 5.80. The molecule has 0 amide bonds. The molecule has 1 saturated heterocycles. The Kier molecular flexibility index (Phi) is 5.37. The maximum atomic E-state index is 6.44. The fraction of sp³-hybridized carbons (Fsp3) is 0.368. The topological polar surface area (TPSA) is 70.5 Å². The number of rotatable bonds is 4. The van der Waals surface area contributed by atoms with Crippen LogP contribution in [0.15, 0.2) is 36.4 Å². The van der Waals surface area contributed by atoms with Crippen molar-refractivity contribution in [1.29, 1.82) is 0 Å². The Morgan fingerprint density at radius 1 is 1.16 bits per heavy atom. The lowest BCUT2D eigenvalue weighted by molar-refractivity contribution is 0.589. The van der Waals surface area contributed by atoms with Gasteiger partial charge in [0, 0.05) is 36.9 Å². The zero-order valence-corrected chi connectivity index (χ0v) is 15.6. The second kappa shape index (κ2) is 7.52. The van der Waals surface area contributed by atoms with Gasteiger partial charge in [-0.2, -0.15) is 0 Å². The number of hydrazine groups is 1. The maximum absolute atomic E-state index is 6.44. The van der Waals surface area contributed by atoms with E-state index < -0.39 is 0 Å². The van der Waals surface area contributed by atoms with Crippen LogP contribution in [0.5, 0.6) is 0 Å². The van der Waals surface area contributed by atoms with Crippen LogP contribution in [0.25, 0.3) is 0 Å². The van der Waals surface area contributed by atoms with Crippen molar-refractivity contribution in [2.24, 2.45) is 5.84 Å². The molecule has 1 heterocycles. The monoisotopic (exact) mass is 359 g/mol. The molecule has 1 aliphatic rings. The van der Waals surface area contributed by atoms with Crippen LogP contribution in [0.1, 0.15) is 24.1 Å². The van der Waals surface area contributed by atoms with Crippen LogP contribution in [-0.4, -0.2) is 26.2 Å². The van der Waals surface area contributed by atoms with Gasteiger partial charge in [0.1, 0.15) is 0 Å². The van der Waals surface area contributed by atoms with Crippen LogP contribution < -0.4 is 26.8 Å². The third-order valence-electron chi connectivity index (χ3n) is 4.80. The molecule has 1 fully saturated rings. The molecular weight excluding hydrogens is 334 g/mol. The summed E-state index contributed by atoms with van der Waals surface area (Å²) in [5.74, 6) is 6.44. The van der Waals surface area contributed by atoms with Gasteiger partial charge in [0.15, 0.2) is 0 Å². The van der Waals surface area contributed by atoms with E-state index in [-0.39, 0.29) is 6.04 Å². The molecule has 3 rings (SSSR count). The van der Waals surface area contributed by atoms with Crippen LogP contribution in [0, 0.1) is 6.92 Å². The Morgan fingerprint density at radius 2 is 1.88 bits per heavy atom. The summed E-state index contributed by atoms with van der Waals surface area (Å²) in [7, 11) is 0. The van der Waals surface area contributed by atoms with Gasteiger partial charge < -0.3 is 21.0 Å². The smallest absolute Gasteiger partial charge is 0.0774 e. The Bertz CT molecular complexity index is 743. The lowest BCUT2D eigenvalue weighted by Crippen LogP contribution is -2.43. The van der Waals surface area contributed by atoms with E-state index in [9.17, 15) is 0 Å². The van der Waals surface area contributed by atoms with Crippen molar-refractivity contribution >= 4 is 28.7 Å². The van der Waals surface area contributed by atoms with E-state index in [0.717, 1.165) is 53.7 Å². The van der Waals surface area contributed by atoms with Crippen molar-refractivity contribution in [3.05, 3.63) is 52.5 Å². The van der Waals surface area contributed by atoms with E-state index in [1.807, 2.05) is 38.1 Å². The standard InChI is InChI=1S/C19H26ClN5/c1-13-3-5-16(17(20)11-13)14(2)25(22)19-12-15(4-6-18(19)21)24-9-7-23-8-10-24/h3-6,11-12,14,23H,7-10,21-22H2,1-2H3/t14-/m1/s1. The van der Waals surface area contributed by atoms with Crippen LogP contribution in [-0.2, 0) is 0 Å². The first kappa shape index (κ1) is 17.9. The normalized spacial score (nSPS) is 15.9. The zero-order valence-electron chi connectivity index (χ0n) is 14.8. The summed E-state index contributed by atoms with van der Waals surface area (Å²) in [6.45, 7) is 7.99.